The number of nitrogens with zero attached hydrogens (tertiary/aromatic N) is 1. The van der Waals surface area contributed by atoms with Gasteiger partial charge in [0.25, 0.3) is 0 Å². The smallest absolute Gasteiger partial charge is 0.115 e. The Morgan fingerprint density at radius 1 is 1.09 bits per heavy atom. The first kappa shape index (κ1) is 14.2. The van der Waals surface area contributed by atoms with Crippen LogP contribution in [0.5, 0.6) is 5.75 Å². The van der Waals surface area contributed by atoms with E-state index in [4.69, 9.17) is 5.73 Å². The van der Waals surface area contributed by atoms with Crippen molar-refractivity contribution in [3.63, 3.8) is 0 Å². The standard InChI is InChI=1S/C18H19N3O/c19-17-8-9-20-12-15(17)3-1-2-13-10-18(21-11-13)14-4-6-16(22)7-5-14/h4-12,21-22H,1-3H2,(H2,19,20). The highest BCUT2D eigenvalue weighted by molar-refractivity contribution is 5.61. The van der Waals surface area contributed by atoms with Crippen molar-refractivity contribution in [2.45, 2.75) is 19.3 Å². The summed E-state index contributed by atoms with van der Waals surface area (Å²) in [5.74, 6) is 0.282. The maximum absolute atomic E-state index is 9.33. The van der Waals surface area contributed by atoms with Gasteiger partial charge in [-0.1, -0.05) is 0 Å². The summed E-state index contributed by atoms with van der Waals surface area (Å²) in [6, 6.07) is 11.2. The van der Waals surface area contributed by atoms with Crippen molar-refractivity contribution in [2.24, 2.45) is 0 Å². The molecule has 4 nitrogen and oxygen atoms in total. The monoisotopic (exact) mass is 293 g/mol. The van der Waals surface area contributed by atoms with Gasteiger partial charge >= 0.3 is 0 Å². The topological polar surface area (TPSA) is 74.9 Å². The van der Waals surface area contributed by atoms with E-state index < -0.39 is 0 Å². The van der Waals surface area contributed by atoms with Crippen LogP contribution in [0.15, 0.2) is 55.0 Å². The molecule has 0 aliphatic carbocycles. The van der Waals surface area contributed by atoms with E-state index in [-0.39, 0.29) is 5.75 Å². The van der Waals surface area contributed by atoms with Gasteiger partial charge in [-0.2, -0.15) is 0 Å². The molecule has 112 valence electrons. The predicted octanol–water partition coefficient (Wildman–Crippen LogP) is 3.54. The highest BCUT2D eigenvalue weighted by Gasteiger charge is 2.04. The van der Waals surface area contributed by atoms with Crippen LogP contribution >= 0.6 is 0 Å². The van der Waals surface area contributed by atoms with Gasteiger partial charge in [-0.25, -0.2) is 0 Å². The Hall–Kier alpha value is -2.75. The molecule has 3 aromatic rings. The third-order valence-corrected chi connectivity index (χ3v) is 3.77. The van der Waals surface area contributed by atoms with Gasteiger partial charge in [-0.05, 0) is 72.4 Å². The summed E-state index contributed by atoms with van der Waals surface area (Å²) in [7, 11) is 0. The lowest BCUT2D eigenvalue weighted by Gasteiger charge is -2.03. The molecule has 2 aromatic heterocycles. The van der Waals surface area contributed by atoms with Gasteiger partial charge in [0.15, 0.2) is 0 Å². The number of aryl methyl sites for hydroxylation is 2. The highest BCUT2D eigenvalue weighted by atomic mass is 16.3. The van der Waals surface area contributed by atoms with E-state index in [2.05, 4.69) is 16.0 Å². The fourth-order valence-electron chi connectivity index (χ4n) is 2.52. The van der Waals surface area contributed by atoms with Crippen LogP contribution in [0, 0.1) is 0 Å². The molecule has 0 aliphatic heterocycles. The number of hydrogen-bond acceptors (Lipinski definition) is 3. The van der Waals surface area contributed by atoms with Gasteiger partial charge in [0.2, 0.25) is 0 Å². The lowest BCUT2D eigenvalue weighted by atomic mass is 10.1. The summed E-state index contributed by atoms with van der Waals surface area (Å²) < 4.78 is 0. The van der Waals surface area contributed by atoms with E-state index in [1.165, 1.54) is 5.56 Å². The number of phenolic OH excluding ortho intramolecular Hbond substituents is 1. The minimum Gasteiger partial charge on any atom is -0.508 e. The summed E-state index contributed by atoms with van der Waals surface area (Å²) in [5.41, 5.74) is 11.3. The summed E-state index contributed by atoms with van der Waals surface area (Å²) in [4.78, 5) is 7.40. The molecular formula is C18H19N3O. The molecule has 0 bridgehead atoms. The highest BCUT2D eigenvalue weighted by Crippen LogP contribution is 2.22. The van der Waals surface area contributed by atoms with Crippen LogP contribution in [-0.4, -0.2) is 15.1 Å². The van der Waals surface area contributed by atoms with Crippen LogP contribution in [0.3, 0.4) is 0 Å². The third kappa shape index (κ3) is 3.28. The number of aromatic nitrogens is 2. The number of hydrogen-bond donors (Lipinski definition) is 3. The van der Waals surface area contributed by atoms with Crippen molar-refractivity contribution in [3.05, 3.63) is 66.1 Å². The van der Waals surface area contributed by atoms with Crippen molar-refractivity contribution in [2.75, 3.05) is 5.73 Å². The maximum Gasteiger partial charge on any atom is 0.115 e. The SMILES string of the molecule is Nc1ccncc1CCCc1c[nH]c(-c2ccc(O)cc2)c1. The molecule has 0 unspecified atom stereocenters. The number of H-pyrrole nitrogens is 1. The normalized spacial score (nSPS) is 10.7. The zero-order valence-electron chi connectivity index (χ0n) is 12.3. The molecule has 1 aromatic carbocycles. The van der Waals surface area contributed by atoms with Crippen molar-refractivity contribution in [1.29, 1.82) is 0 Å². The lowest BCUT2D eigenvalue weighted by molar-refractivity contribution is 0.475. The molecule has 0 saturated heterocycles. The quantitative estimate of drug-likeness (QED) is 0.673. The Kier molecular flexibility index (Phi) is 4.10. The van der Waals surface area contributed by atoms with Crippen molar-refractivity contribution in [3.8, 4) is 17.0 Å². The Balaban J connectivity index is 1.60. The first-order chi connectivity index (χ1) is 10.7. The molecular weight excluding hydrogens is 274 g/mol. The van der Waals surface area contributed by atoms with Crippen LogP contribution in [0.2, 0.25) is 0 Å². The number of anilines is 1. The van der Waals surface area contributed by atoms with Crippen molar-refractivity contribution < 1.29 is 5.11 Å². The summed E-state index contributed by atoms with van der Waals surface area (Å²) in [5, 5.41) is 9.33. The molecule has 0 radical (unpaired) electrons. The molecule has 22 heavy (non-hydrogen) atoms. The number of rotatable bonds is 5. The third-order valence-electron chi connectivity index (χ3n) is 3.77. The molecule has 0 amide bonds. The fourth-order valence-corrected chi connectivity index (χ4v) is 2.52. The van der Waals surface area contributed by atoms with Crippen LogP contribution < -0.4 is 5.73 Å². The number of pyridine rings is 1. The van der Waals surface area contributed by atoms with Gasteiger partial charge in [-0.15, -0.1) is 0 Å². The number of phenols is 1. The minimum absolute atomic E-state index is 0.282. The van der Waals surface area contributed by atoms with E-state index in [0.29, 0.717) is 0 Å². The Bertz CT molecular complexity index is 747. The predicted molar refractivity (Wildman–Crippen MR) is 88.6 cm³/mol. The Morgan fingerprint density at radius 3 is 2.68 bits per heavy atom. The van der Waals surface area contributed by atoms with Crippen LogP contribution in [0.1, 0.15) is 17.5 Å². The molecule has 3 rings (SSSR count). The van der Waals surface area contributed by atoms with E-state index in [0.717, 1.165) is 41.8 Å². The second-order valence-electron chi connectivity index (χ2n) is 5.40. The van der Waals surface area contributed by atoms with E-state index in [1.807, 2.05) is 30.6 Å². The second kappa shape index (κ2) is 6.35. The lowest BCUT2D eigenvalue weighted by Crippen LogP contribution is -1.96. The van der Waals surface area contributed by atoms with Crippen molar-refractivity contribution in [1.82, 2.24) is 9.97 Å². The van der Waals surface area contributed by atoms with E-state index in [1.54, 1.807) is 18.3 Å². The van der Waals surface area contributed by atoms with Gasteiger partial charge in [0.1, 0.15) is 5.75 Å². The zero-order chi connectivity index (χ0) is 15.4. The fraction of sp³-hybridized carbons (Fsp3) is 0.167. The van der Waals surface area contributed by atoms with E-state index >= 15 is 0 Å². The molecule has 4 heteroatoms. The number of nitrogens with one attached hydrogen (secondary N) is 1. The largest absolute Gasteiger partial charge is 0.508 e. The first-order valence-corrected chi connectivity index (χ1v) is 7.37. The first-order valence-electron chi connectivity index (χ1n) is 7.37. The van der Waals surface area contributed by atoms with Gasteiger partial charge in [0.05, 0.1) is 0 Å². The van der Waals surface area contributed by atoms with Gasteiger partial charge < -0.3 is 15.8 Å². The van der Waals surface area contributed by atoms with Gasteiger partial charge in [0, 0.05) is 30.0 Å². The molecule has 4 N–H and O–H groups in total. The van der Waals surface area contributed by atoms with Crippen molar-refractivity contribution >= 4 is 5.69 Å². The maximum atomic E-state index is 9.33. The number of aromatic amines is 1. The number of aromatic hydroxyl groups is 1. The number of benzene rings is 1. The Labute approximate surface area is 129 Å². The van der Waals surface area contributed by atoms with Crippen LogP contribution in [0.25, 0.3) is 11.3 Å². The molecule has 0 saturated carbocycles. The Morgan fingerprint density at radius 2 is 1.91 bits per heavy atom. The van der Waals surface area contributed by atoms with Crippen LogP contribution in [-0.2, 0) is 12.8 Å². The minimum atomic E-state index is 0.282. The van der Waals surface area contributed by atoms with E-state index in [9.17, 15) is 5.11 Å². The average molecular weight is 293 g/mol. The summed E-state index contributed by atoms with van der Waals surface area (Å²) in [6.07, 6.45) is 8.54. The molecule has 0 aliphatic rings. The zero-order valence-corrected chi connectivity index (χ0v) is 12.3. The number of nitrogens with two attached hydrogens (primary N) is 1. The average Bonchev–Trinajstić information content (AvgIpc) is 2.99. The molecule has 0 spiro atoms. The van der Waals surface area contributed by atoms with Crippen LogP contribution in [0.4, 0.5) is 5.69 Å². The van der Waals surface area contributed by atoms with Gasteiger partial charge in [-0.3, -0.25) is 4.98 Å². The number of nitrogen functional groups attached to an aromatic ring is 1. The second-order valence-corrected chi connectivity index (χ2v) is 5.40. The molecule has 0 fully saturated rings. The molecule has 2 heterocycles. The molecule has 0 atom stereocenters. The summed E-state index contributed by atoms with van der Waals surface area (Å²) in [6.45, 7) is 0. The summed E-state index contributed by atoms with van der Waals surface area (Å²) >= 11 is 0.